The lowest BCUT2D eigenvalue weighted by atomic mass is 10.0. The smallest absolute Gasteiger partial charge is 0.305 e. The number of unbranched alkanes of at least 4 members (excludes halogenated alkanes) is 52. The van der Waals surface area contributed by atoms with Crippen LogP contribution < -0.4 is 5.32 Å². The highest BCUT2D eigenvalue weighted by molar-refractivity contribution is 5.76. The molecule has 0 heterocycles. The van der Waals surface area contributed by atoms with Gasteiger partial charge in [-0.15, -0.1) is 0 Å². The predicted octanol–water partition coefficient (Wildman–Crippen LogP) is 21.2. The normalized spacial score (nSPS) is 12.5. The maximum Gasteiger partial charge on any atom is 0.305 e. The minimum atomic E-state index is -0.842. The molecule has 0 rings (SSSR count). The average molecular weight is 1030 g/mol. The fraction of sp³-hybridized carbons (Fsp3) is 0.940. The van der Waals surface area contributed by atoms with Gasteiger partial charge in [-0.2, -0.15) is 0 Å². The molecular formula is C67H131NO5. The van der Waals surface area contributed by atoms with Crippen LogP contribution in [0.15, 0.2) is 12.2 Å². The summed E-state index contributed by atoms with van der Waals surface area (Å²) in [6, 6.07) is -0.625. The third-order valence-electron chi connectivity index (χ3n) is 15.8. The first-order chi connectivity index (χ1) is 36.0. The number of ether oxygens (including phenoxy) is 1. The number of allylic oxidation sites excluding steroid dienone is 1. The number of rotatable bonds is 63. The van der Waals surface area contributed by atoms with E-state index in [1.165, 1.54) is 315 Å². The Kier molecular flexibility index (Phi) is 61.9. The summed E-state index contributed by atoms with van der Waals surface area (Å²) in [4.78, 5) is 24.5. The second kappa shape index (κ2) is 63.1. The van der Waals surface area contributed by atoms with E-state index in [0.29, 0.717) is 19.4 Å². The Bertz CT molecular complexity index is 1100. The maximum atomic E-state index is 12.5. The molecule has 0 bridgehead atoms. The van der Waals surface area contributed by atoms with Crippen molar-refractivity contribution in [2.24, 2.45) is 0 Å². The summed E-state index contributed by atoms with van der Waals surface area (Å²) in [5.41, 5.74) is 0. The Labute approximate surface area is 457 Å². The molecule has 0 radical (unpaired) electrons. The number of nitrogens with one attached hydrogen (secondary N) is 1. The Morgan fingerprint density at radius 1 is 0.370 bits per heavy atom. The van der Waals surface area contributed by atoms with E-state index in [1.807, 2.05) is 6.08 Å². The monoisotopic (exact) mass is 1030 g/mol. The van der Waals surface area contributed by atoms with Crippen molar-refractivity contribution >= 4 is 11.9 Å². The first kappa shape index (κ1) is 71.6. The molecule has 73 heavy (non-hydrogen) atoms. The first-order valence-corrected chi connectivity index (χ1v) is 33.5. The molecule has 0 aromatic rings. The minimum Gasteiger partial charge on any atom is -0.466 e. The van der Waals surface area contributed by atoms with Gasteiger partial charge in [0.2, 0.25) is 5.91 Å². The van der Waals surface area contributed by atoms with Crippen molar-refractivity contribution in [3.05, 3.63) is 12.2 Å². The van der Waals surface area contributed by atoms with Crippen LogP contribution in [-0.2, 0) is 14.3 Å². The third kappa shape index (κ3) is 59.7. The minimum absolute atomic E-state index is 0.0200. The molecule has 434 valence electrons. The molecule has 6 heteroatoms. The van der Waals surface area contributed by atoms with Gasteiger partial charge in [-0.25, -0.2) is 0 Å². The molecule has 0 spiro atoms. The largest absolute Gasteiger partial charge is 0.466 e. The zero-order valence-corrected chi connectivity index (χ0v) is 49.6. The quantitative estimate of drug-likeness (QED) is 0.0320. The van der Waals surface area contributed by atoms with Crippen LogP contribution in [0.4, 0.5) is 0 Å². The van der Waals surface area contributed by atoms with Crippen molar-refractivity contribution in [2.75, 3.05) is 13.2 Å². The van der Waals surface area contributed by atoms with Crippen LogP contribution in [0.2, 0.25) is 0 Å². The summed E-state index contributed by atoms with van der Waals surface area (Å²) in [6.45, 7) is 4.94. The molecule has 0 aromatic carbocycles. The van der Waals surface area contributed by atoms with Crippen LogP contribution in [0.3, 0.4) is 0 Å². The van der Waals surface area contributed by atoms with Crippen LogP contribution in [0.25, 0.3) is 0 Å². The van der Waals surface area contributed by atoms with E-state index in [2.05, 4.69) is 19.2 Å². The van der Waals surface area contributed by atoms with Gasteiger partial charge in [0.15, 0.2) is 0 Å². The Morgan fingerprint density at radius 3 is 0.932 bits per heavy atom. The lowest BCUT2D eigenvalue weighted by Gasteiger charge is -2.20. The Hall–Kier alpha value is -1.40. The number of carbonyl (C=O) groups excluding carboxylic acids is 2. The van der Waals surface area contributed by atoms with Crippen LogP contribution in [0.1, 0.15) is 380 Å². The summed E-state index contributed by atoms with van der Waals surface area (Å²) >= 11 is 0. The molecule has 0 aromatic heterocycles. The van der Waals surface area contributed by atoms with E-state index in [-0.39, 0.29) is 18.5 Å². The predicted molar refractivity (Wildman–Crippen MR) is 320 cm³/mol. The van der Waals surface area contributed by atoms with Crippen molar-refractivity contribution < 1.29 is 24.5 Å². The number of amides is 1. The van der Waals surface area contributed by atoms with E-state index < -0.39 is 12.1 Å². The van der Waals surface area contributed by atoms with Crippen molar-refractivity contribution in [1.82, 2.24) is 5.32 Å². The summed E-state index contributed by atoms with van der Waals surface area (Å²) in [7, 11) is 0. The fourth-order valence-corrected chi connectivity index (χ4v) is 10.7. The topological polar surface area (TPSA) is 95.9 Å². The zero-order chi connectivity index (χ0) is 52.9. The van der Waals surface area contributed by atoms with Gasteiger partial charge in [-0.1, -0.05) is 347 Å². The fourth-order valence-electron chi connectivity index (χ4n) is 10.7. The number of hydrogen-bond acceptors (Lipinski definition) is 5. The highest BCUT2D eigenvalue weighted by Gasteiger charge is 2.18. The van der Waals surface area contributed by atoms with Crippen molar-refractivity contribution in [1.29, 1.82) is 0 Å². The molecular weight excluding hydrogens is 899 g/mol. The van der Waals surface area contributed by atoms with Crippen LogP contribution in [0, 0.1) is 0 Å². The summed E-state index contributed by atoms with van der Waals surface area (Å²) in [6.07, 6.45) is 77.0. The molecule has 2 unspecified atom stereocenters. The standard InChI is InChI=1S/C67H131NO5/c1-3-5-7-9-11-13-15-17-18-32-36-39-43-47-51-55-59-65(70)64(63-69)68-66(71)60-56-52-48-44-40-37-33-30-28-26-24-22-20-19-21-23-25-27-29-31-34-38-42-46-50-54-58-62-73-67(72)61-57-53-49-45-41-35-16-14-12-10-8-6-4-2/h55,59,64-65,69-70H,3-54,56-58,60-63H2,1-2H3,(H,68,71)/b59-55+. The molecule has 0 saturated heterocycles. The van der Waals surface area contributed by atoms with E-state index in [4.69, 9.17) is 4.74 Å². The molecule has 0 saturated carbocycles. The number of hydrogen-bond donors (Lipinski definition) is 3. The van der Waals surface area contributed by atoms with Gasteiger partial charge in [0.05, 0.1) is 25.4 Å². The van der Waals surface area contributed by atoms with Gasteiger partial charge in [-0.3, -0.25) is 9.59 Å². The van der Waals surface area contributed by atoms with Crippen molar-refractivity contribution in [3.8, 4) is 0 Å². The molecule has 1 amide bonds. The Balaban J connectivity index is 3.36. The molecule has 2 atom stereocenters. The van der Waals surface area contributed by atoms with Gasteiger partial charge in [-0.05, 0) is 32.1 Å². The molecule has 6 nitrogen and oxygen atoms in total. The molecule has 0 aliphatic carbocycles. The van der Waals surface area contributed by atoms with Crippen molar-refractivity contribution in [3.63, 3.8) is 0 Å². The van der Waals surface area contributed by atoms with E-state index in [9.17, 15) is 19.8 Å². The summed E-state index contributed by atoms with van der Waals surface area (Å²) < 4.78 is 5.49. The summed E-state index contributed by atoms with van der Waals surface area (Å²) in [5, 5.41) is 23.2. The number of aliphatic hydroxyl groups excluding tert-OH is 2. The van der Waals surface area contributed by atoms with E-state index in [1.54, 1.807) is 6.08 Å². The highest BCUT2D eigenvalue weighted by atomic mass is 16.5. The molecule has 0 aliphatic rings. The average Bonchev–Trinajstić information content (AvgIpc) is 3.39. The maximum absolute atomic E-state index is 12.5. The second-order valence-corrected chi connectivity index (χ2v) is 23.2. The SMILES string of the molecule is CCCCCCCCCCCCCCCC/C=C/C(O)C(CO)NC(=O)CCCCCCCCCCCCCCCCCCCCCCCCCCCCCOC(=O)CCCCCCCCCCCCCCC. The highest BCUT2D eigenvalue weighted by Crippen LogP contribution is 2.19. The van der Waals surface area contributed by atoms with Crippen LogP contribution in [0.5, 0.6) is 0 Å². The zero-order valence-electron chi connectivity index (χ0n) is 49.6. The molecule has 0 fully saturated rings. The van der Waals surface area contributed by atoms with Gasteiger partial charge in [0, 0.05) is 12.8 Å². The van der Waals surface area contributed by atoms with Crippen LogP contribution >= 0.6 is 0 Å². The van der Waals surface area contributed by atoms with E-state index >= 15 is 0 Å². The summed E-state index contributed by atoms with van der Waals surface area (Å²) in [5.74, 6) is -0.0422. The number of aliphatic hydroxyl groups is 2. The van der Waals surface area contributed by atoms with Gasteiger partial charge < -0.3 is 20.3 Å². The number of carbonyl (C=O) groups is 2. The molecule has 3 N–H and O–H groups in total. The lowest BCUT2D eigenvalue weighted by molar-refractivity contribution is -0.143. The van der Waals surface area contributed by atoms with Crippen molar-refractivity contribution in [2.45, 2.75) is 392 Å². The van der Waals surface area contributed by atoms with Gasteiger partial charge in [0.1, 0.15) is 0 Å². The lowest BCUT2D eigenvalue weighted by Crippen LogP contribution is -2.45. The van der Waals surface area contributed by atoms with Gasteiger partial charge in [0.25, 0.3) is 0 Å². The van der Waals surface area contributed by atoms with Gasteiger partial charge >= 0.3 is 5.97 Å². The van der Waals surface area contributed by atoms with E-state index in [0.717, 1.165) is 38.5 Å². The van der Waals surface area contributed by atoms with Crippen LogP contribution in [-0.4, -0.2) is 47.4 Å². The number of esters is 1. The third-order valence-corrected chi connectivity index (χ3v) is 15.8. The second-order valence-electron chi connectivity index (χ2n) is 23.2. The first-order valence-electron chi connectivity index (χ1n) is 33.5. The Morgan fingerprint density at radius 2 is 0.630 bits per heavy atom. The molecule has 0 aliphatic heterocycles.